The van der Waals surface area contributed by atoms with Crippen LogP contribution in [0.4, 0.5) is 0 Å². The molecule has 80 valence electrons. The maximum Gasteiger partial charge on any atom is 0.0613 e. The van der Waals surface area contributed by atoms with Crippen molar-refractivity contribution in [3.63, 3.8) is 0 Å². The van der Waals surface area contributed by atoms with Gasteiger partial charge in [0.05, 0.1) is 6.61 Å². The fourth-order valence-electron chi connectivity index (χ4n) is 1.49. The third kappa shape index (κ3) is 3.40. The van der Waals surface area contributed by atoms with Crippen molar-refractivity contribution in [1.29, 1.82) is 0 Å². The van der Waals surface area contributed by atoms with E-state index in [9.17, 15) is 0 Å². The molecule has 2 nitrogen and oxygen atoms in total. The minimum Gasteiger partial charge on any atom is -0.383 e. The molecule has 2 atom stereocenters. The summed E-state index contributed by atoms with van der Waals surface area (Å²) in [4.78, 5) is 2.76. The van der Waals surface area contributed by atoms with Crippen LogP contribution in [0, 0.1) is 6.92 Å². The van der Waals surface area contributed by atoms with Crippen LogP contribution >= 0.6 is 11.3 Å². The molecule has 0 bridgehead atoms. The first-order valence-corrected chi connectivity index (χ1v) is 5.76. The van der Waals surface area contributed by atoms with Crippen LogP contribution in [0.2, 0.25) is 0 Å². The number of aryl methyl sites for hydroxylation is 1. The molecule has 1 heterocycles. The van der Waals surface area contributed by atoms with Gasteiger partial charge in [-0.1, -0.05) is 0 Å². The average Bonchev–Trinajstić information content (AvgIpc) is 2.52. The Bertz CT molecular complexity index is 272. The molecule has 2 unspecified atom stereocenters. The van der Waals surface area contributed by atoms with Crippen LogP contribution in [0.3, 0.4) is 0 Å². The third-order valence-corrected chi connectivity index (χ3v) is 3.32. The first kappa shape index (κ1) is 11.7. The summed E-state index contributed by atoms with van der Waals surface area (Å²) in [5.41, 5.74) is 0. The zero-order valence-corrected chi connectivity index (χ0v) is 10.1. The fourth-order valence-corrected chi connectivity index (χ4v) is 2.38. The molecule has 0 saturated heterocycles. The van der Waals surface area contributed by atoms with E-state index in [2.05, 4.69) is 38.2 Å². The monoisotopic (exact) mass is 213 g/mol. The molecule has 14 heavy (non-hydrogen) atoms. The largest absolute Gasteiger partial charge is 0.383 e. The van der Waals surface area contributed by atoms with Gasteiger partial charge in [0, 0.05) is 28.9 Å². The van der Waals surface area contributed by atoms with Crippen LogP contribution < -0.4 is 5.32 Å². The molecule has 0 fully saturated rings. The molecule has 1 N–H and O–H groups in total. The molecule has 0 aliphatic rings. The van der Waals surface area contributed by atoms with Gasteiger partial charge in [-0.05, 0) is 32.9 Å². The van der Waals surface area contributed by atoms with Crippen molar-refractivity contribution in [3.05, 3.63) is 21.9 Å². The van der Waals surface area contributed by atoms with Gasteiger partial charge in [-0.3, -0.25) is 0 Å². The van der Waals surface area contributed by atoms with Crippen LogP contribution in [-0.4, -0.2) is 19.8 Å². The number of nitrogens with one attached hydrogen (secondary N) is 1. The quantitative estimate of drug-likeness (QED) is 0.812. The molecule has 0 saturated carbocycles. The molecule has 0 aliphatic carbocycles. The van der Waals surface area contributed by atoms with Crippen molar-refractivity contribution in [1.82, 2.24) is 5.32 Å². The standard InChI is InChI=1S/C11H19NOS/c1-8(7-13-4)12-10(3)11-6-5-9(2)14-11/h5-6,8,10,12H,7H2,1-4H3. The molecular formula is C11H19NOS. The highest BCUT2D eigenvalue weighted by molar-refractivity contribution is 7.12. The Hall–Kier alpha value is -0.380. The molecule has 1 aromatic heterocycles. The van der Waals surface area contributed by atoms with Crippen LogP contribution in [0.25, 0.3) is 0 Å². The molecule has 3 heteroatoms. The van der Waals surface area contributed by atoms with Gasteiger partial charge in [-0.2, -0.15) is 0 Å². The predicted octanol–water partition coefficient (Wildman–Crippen LogP) is 2.74. The number of ether oxygens (including phenoxy) is 1. The lowest BCUT2D eigenvalue weighted by Crippen LogP contribution is -2.32. The summed E-state index contributed by atoms with van der Waals surface area (Å²) < 4.78 is 5.09. The lowest BCUT2D eigenvalue weighted by Gasteiger charge is -2.18. The van der Waals surface area contributed by atoms with Gasteiger partial charge in [-0.25, -0.2) is 0 Å². The summed E-state index contributed by atoms with van der Waals surface area (Å²) in [6.07, 6.45) is 0. The fraction of sp³-hybridized carbons (Fsp3) is 0.636. The molecule has 0 aliphatic heterocycles. The molecule has 1 rings (SSSR count). The number of hydrogen-bond donors (Lipinski definition) is 1. The van der Waals surface area contributed by atoms with Crippen molar-refractivity contribution in [2.75, 3.05) is 13.7 Å². The van der Waals surface area contributed by atoms with E-state index in [0.29, 0.717) is 12.1 Å². The van der Waals surface area contributed by atoms with Gasteiger partial charge < -0.3 is 10.1 Å². The second-order valence-electron chi connectivity index (χ2n) is 3.69. The second kappa shape index (κ2) is 5.49. The average molecular weight is 213 g/mol. The maximum absolute atomic E-state index is 5.09. The first-order valence-electron chi connectivity index (χ1n) is 4.94. The van der Waals surface area contributed by atoms with Gasteiger partial charge in [0.25, 0.3) is 0 Å². The second-order valence-corrected chi connectivity index (χ2v) is 5.01. The van der Waals surface area contributed by atoms with E-state index in [1.165, 1.54) is 9.75 Å². The van der Waals surface area contributed by atoms with Gasteiger partial charge >= 0.3 is 0 Å². The summed E-state index contributed by atoms with van der Waals surface area (Å²) >= 11 is 1.85. The Morgan fingerprint density at radius 2 is 2.14 bits per heavy atom. The van der Waals surface area contributed by atoms with Crippen molar-refractivity contribution in [3.8, 4) is 0 Å². The Labute approximate surface area is 90.3 Å². The van der Waals surface area contributed by atoms with Crippen molar-refractivity contribution < 1.29 is 4.74 Å². The van der Waals surface area contributed by atoms with Crippen LogP contribution in [-0.2, 0) is 4.74 Å². The van der Waals surface area contributed by atoms with Gasteiger partial charge in [0.15, 0.2) is 0 Å². The molecule has 1 aromatic rings. The topological polar surface area (TPSA) is 21.3 Å². The highest BCUT2D eigenvalue weighted by Crippen LogP contribution is 2.22. The van der Waals surface area contributed by atoms with Crippen molar-refractivity contribution in [2.24, 2.45) is 0 Å². The summed E-state index contributed by atoms with van der Waals surface area (Å²) in [5.74, 6) is 0. The van der Waals surface area contributed by atoms with Crippen LogP contribution in [0.5, 0.6) is 0 Å². The summed E-state index contributed by atoms with van der Waals surface area (Å²) in [6.45, 7) is 7.23. The maximum atomic E-state index is 5.09. The highest BCUT2D eigenvalue weighted by Gasteiger charge is 2.10. The van der Waals surface area contributed by atoms with Crippen LogP contribution in [0.15, 0.2) is 12.1 Å². The molecule has 0 aromatic carbocycles. The Morgan fingerprint density at radius 3 is 2.64 bits per heavy atom. The SMILES string of the molecule is COCC(C)NC(C)c1ccc(C)s1. The lowest BCUT2D eigenvalue weighted by atomic mass is 10.2. The Morgan fingerprint density at radius 1 is 1.43 bits per heavy atom. The van der Waals surface area contributed by atoms with E-state index in [-0.39, 0.29) is 0 Å². The zero-order chi connectivity index (χ0) is 10.6. The molecule has 0 radical (unpaired) electrons. The number of methoxy groups -OCH3 is 1. The summed E-state index contributed by atoms with van der Waals surface area (Å²) in [7, 11) is 1.73. The van der Waals surface area contributed by atoms with E-state index in [1.54, 1.807) is 7.11 Å². The van der Waals surface area contributed by atoms with Crippen molar-refractivity contribution >= 4 is 11.3 Å². The number of rotatable bonds is 5. The third-order valence-electron chi connectivity index (χ3n) is 2.14. The zero-order valence-electron chi connectivity index (χ0n) is 9.33. The van der Waals surface area contributed by atoms with Gasteiger partial charge in [0.2, 0.25) is 0 Å². The van der Waals surface area contributed by atoms with E-state index in [1.807, 2.05) is 11.3 Å². The predicted molar refractivity (Wildman–Crippen MR) is 61.9 cm³/mol. The minimum atomic E-state index is 0.400. The van der Waals surface area contributed by atoms with Gasteiger partial charge in [0.1, 0.15) is 0 Å². The first-order chi connectivity index (χ1) is 6.63. The highest BCUT2D eigenvalue weighted by atomic mass is 32.1. The Balaban J connectivity index is 2.45. The normalized spacial score (nSPS) is 15.4. The molecule has 0 amide bonds. The van der Waals surface area contributed by atoms with Crippen molar-refractivity contribution in [2.45, 2.75) is 32.9 Å². The smallest absolute Gasteiger partial charge is 0.0613 e. The van der Waals surface area contributed by atoms with E-state index in [0.717, 1.165) is 6.61 Å². The summed E-state index contributed by atoms with van der Waals surface area (Å²) in [6, 6.07) is 5.17. The minimum absolute atomic E-state index is 0.400. The molecule has 0 spiro atoms. The van der Waals surface area contributed by atoms with Gasteiger partial charge in [-0.15, -0.1) is 11.3 Å². The Kier molecular flexibility index (Phi) is 4.58. The molecular weight excluding hydrogens is 194 g/mol. The van der Waals surface area contributed by atoms with Crippen LogP contribution in [0.1, 0.15) is 29.6 Å². The van der Waals surface area contributed by atoms with E-state index in [4.69, 9.17) is 4.74 Å². The van der Waals surface area contributed by atoms with E-state index < -0.39 is 0 Å². The van der Waals surface area contributed by atoms with E-state index >= 15 is 0 Å². The number of thiophene rings is 1. The number of hydrogen-bond acceptors (Lipinski definition) is 3. The summed E-state index contributed by atoms with van der Waals surface area (Å²) in [5, 5.41) is 3.50. The lowest BCUT2D eigenvalue weighted by molar-refractivity contribution is 0.168.